The monoisotopic (exact) mass is 227 g/mol. The van der Waals surface area contributed by atoms with E-state index in [2.05, 4.69) is 18.7 Å². The SMILES string of the molecule is CCCN(CC)Cc1ccsc1C(=O)O. The van der Waals surface area contributed by atoms with E-state index in [1.807, 2.05) is 11.4 Å². The van der Waals surface area contributed by atoms with E-state index < -0.39 is 5.97 Å². The highest BCUT2D eigenvalue weighted by atomic mass is 32.1. The Labute approximate surface area is 94.3 Å². The zero-order valence-electron chi connectivity index (χ0n) is 9.19. The number of hydrogen-bond acceptors (Lipinski definition) is 3. The molecule has 0 atom stereocenters. The zero-order valence-corrected chi connectivity index (χ0v) is 10.0. The van der Waals surface area contributed by atoms with Gasteiger partial charge in [0.15, 0.2) is 0 Å². The van der Waals surface area contributed by atoms with Gasteiger partial charge in [-0.1, -0.05) is 13.8 Å². The lowest BCUT2D eigenvalue weighted by Crippen LogP contribution is -2.24. The average Bonchev–Trinajstić information content (AvgIpc) is 2.65. The lowest BCUT2D eigenvalue weighted by molar-refractivity contribution is 0.0700. The lowest BCUT2D eigenvalue weighted by Gasteiger charge is -2.19. The summed E-state index contributed by atoms with van der Waals surface area (Å²) >= 11 is 1.30. The van der Waals surface area contributed by atoms with Crippen LogP contribution in [0.2, 0.25) is 0 Å². The highest BCUT2D eigenvalue weighted by molar-refractivity contribution is 7.12. The summed E-state index contributed by atoms with van der Waals surface area (Å²) in [7, 11) is 0. The Kier molecular flexibility index (Phi) is 4.78. The topological polar surface area (TPSA) is 40.5 Å². The molecule has 1 aromatic rings. The Morgan fingerprint density at radius 3 is 2.80 bits per heavy atom. The molecule has 84 valence electrons. The smallest absolute Gasteiger partial charge is 0.346 e. The van der Waals surface area contributed by atoms with Gasteiger partial charge < -0.3 is 5.11 Å². The number of nitrogens with zero attached hydrogens (tertiary/aromatic N) is 1. The number of rotatable bonds is 6. The van der Waals surface area contributed by atoms with Crippen LogP contribution in [0.5, 0.6) is 0 Å². The van der Waals surface area contributed by atoms with Gasteiger partial charge in [-0.2, -0.15) is 0 Å². The summed E-state index contributed by atoms with van der Waals surface area (Å²) in [4.78, 5) is 13.6. The van der Waals surface area contributed by atoms with E-state index in [1.165, 1.54) is 11.3 Å². The Bertz CT molecular complexity index is 322. The predicted octanol–water partition coefficient (Wildman–Crippen LogP) is 2.68. The molecule has 1 heterocycles. The van der Waals surface area contributed by atoms with Crippen molar-refractivity contribution < 1.29 is 9.90 Å². The minimum absolute atomic E-state index is 0.476. The molecule has 0 aliphatic carbocycles. The maximum absolute atomic E-state index is 10.9. The van der Waals surface area contributed by atoms with Crippen LogP contribution in [0.1, 0.15) is 35.5 Å². The largest absolute Gasteiger partial charge is 0.477 e. The third kappa shape index (κ3) is 3.32. The van der Waals surface area contributed by atoms with Crippen LogP contribution in [0.3, 0.4) is 0 Å². The molecule has 1 rings (SSSR count). The van der Waals surface area contributed by atoms with E-state index in [0.717, 1.165) is 31.6 Å². The van der Waals surface area contributed by atoms with Crippen LogP contribution in [0.15, 0.2) is 11.4 Å². The van der Waals surface area contributed by atoms with E-state index in [9.17, 15) is 4.79 Å². The fourth-order valence-electron chi connectivity index (χ4n) is 1.55. The molecule has 15 heavy (non-hydrogen) atoms. The molecule has 0 aromatic carbocycles. The van der Waals surface area contributed by atoms with Gasteiger partial charge in [-0.15, -0.1) is 11.3 Å². The first-order valence-corrected chi connectivity index (χ1v) is 6.09. The second-order valence-corrected chi connectivity index (χ2v) is 4.37. The summed E-state index contributed by atoms with van der Waals surface area (Å²) in [5.41, 5.74) is 0.933. The second kappa shape index (κ2) is 5.88. The van der Waals surface area contributed by atoms with Crippen molar-refractivity contribution in [1.29, 1.82) is 0 Å². The van der Waals surface area contributed by atoms with E-state index >= 15 is 0 Å². The quantitative estimate of drug-likeness (QED) is 0.812. The summed E-state index contributed by atoms with van der Waals surface area (Å²) in [6.07, 6.45) is 1.10. The van der Waals surface area contributed by atoms with Gasteiger partial charge in [0.25, 0.3) is 0 Å². The second-order valence-electron chi connectivity index (χ2n) is 3.45. The third-order valence-corrected chi connectivity index (χ3v) is 3.27. The molecule has 0 bridgehead atoms. The Hall–Kier alpha value is -0.870. The van der Waals surface area contributed by atoms with Crippen LogP contribution in [-0.4, -0.2) is 29.1 Å². The molecular weight excluding hydrogens is 210 g/mol. The van der Waals surface area contributed by atoms with Gasteiger partial charge in [-0.3, -0.25) is 4.90 Å². The summed E-state index contributed by atoms with van der Waals surface area (Å²) in [5.74, 6) is -0.812. The third-order valence-electron chi connectivity index (χ3n) is 2.32. The molecule has 3 nitrogen and oxygen atoms in total. The molecule has 0 fully saturated rings. The van der Waals surface area contributed by atoms with Crippen molar-refractivity contribution in [2.75, 3.05) is 13.1 Å². The number of aromatic carboxylic acids is 1. The van der Waals surface area contributed by atoms with Crippen LogP contribution in [0, 0.1) is 0 Å². The molecule has 0 amide bonds. The van der Waals surface area contributed by atoms with E-state index in [1.54, 1.807) is 0 Å². The molecular formula is C11H17NO2S. The maximum Gasteiger partial charge on any atom is 0.346 e. The number of hydrogen-bond donors (Lipinski definition) is 1. The highest BCUT2D eigenvalue weighted by Gasteiger charge is 2.13. The van der Waals surface area contributed by atoms with Crippen LogP contribution in [-0.2, 0) is 6.54 Å². The van der Waals surface area contributed by atoms with Crippen molar-refractivity contribution in [2.45, 2.75) is 26.8 Å². The summed E-state index contributed by atoms with van der Waals surface area (Å²) in [6, 6.07) is 1.91. The fraction of sp³-hybridized carbons (Fsp3) is 0.545. The van der Waals surface area contributed by atoms with Crippen molar-refractivity contribution in [2.24, 2.45) is 0 Å². The van der Waals surface area contributed by atoms with E-state index in [-0.39, 0.29) is 0 Å². The number of carboxylic acids is 1. The molecule has 0 radical (unpaired) electrons. The zero-order chi connectivity index (χ0) is 11.3. The molecule has 0 aliphatic heterocycles. The molecule has 0 unspecified atom stereocenters. The highest BCUT2D eigenvalue weighted by Crippen LogP contribution is 2.18. The number of carbonyl (C=O) groups is 1. The van der Waals surface area contributed by atoms with Crippen molar-refractivity contribution in [3.05, 3.63) is 21.9 Å². The number of carboxylic acid groups (broad SMARTS) is 1. The minimum atomic E-state index is -0.812. The predicted molar refractivity (Wildman–Crippen MR) is 62.5 cm³/mol. The normalized spacial score (nSPS) is 10.9. The van der Waals surface area contributed by atoms with Gasteiger partial charge in [0.1, 0.15) is 4.88 Å². The molecule has 1 aromatic heterocycles. The van der Waals surface area contributed by atoms with Crippen molar-refractivity contribution in [3.63, 3.8) is 0 Å². The first-order chi connectivity index (χ1) is 7.19. The first-order valence-electron chi connectivity index (χ1n) is 5.21. The van der Waals surface area contributed by atoms with Gasteiger partial charge in [-0.25, -0.2) is 4.79 Å². The maximum atomic E-state index is 10.9. The van der Waals surface area contributed by atoms with Gasteiger partial charge in [0, 0.05) is 6.54 Å². The van der Waals surface area contributed by atoms with Gasteiger partial charge in [0.05, 0.1) is 0 Å². The fourth-order valence-corrected chi connectivity index (χ4v) is 2.31. The standard InChI is InChI=1S/C11H17NO2S/c1-3-6-12(4-2)8-9-5-7-15-10(9)11(13)14/h5,7H,3-4,6,8H2,1-2H3,(H,13,14). The molecule has 0 saturated carbocycles. The molecule has 4 heteroatoms. The van der Waals surface area contributed by atoms with Crippen LogP contribution in [0.25, 0.3) is 0 Å². The van der Waals surface area contributed by atoms with Gasteiger partial charge in [0.2, 0.25) is 0 Å². The van der Waals surface area contributed by atoms with Crippen molar-refractivity contribution in [3.8, 4) is 0 Å². The summed E-state index contributed by atoms with van der Waals surface area (Å²) in [6.45, 7) is 6.96. The van der Waals surface area contributed by atoms with Crippen molar-refractivity contribution in [1.82, 2.24) is 4.90 Å². The van der Waals surface area contributed by atoms with Crippen molar-refractivity contribution >= 4 is 17.3 Å². The molecule has 0 saturated heterocycles. The summed E-state index contributed by atoms with van der Waals surface area (Å²) < 4.78 is 0. The van der Waals surface area contributed by atoms with E-state index in [0.29, 0.717) is 4.88 Å². The molecule has 0 spiro atoms. The Balaban J connectivity index is 2.70. The summed E-state index contributed by atoms with van der Waals surface area (Å²) in [5, 5.41) is 10.8. The Morgan fingerprint density at radius 2 is 2.27 bits per heavy atom. The number of thiophene rings is 1. The van der Waals surface area contributed by atoms with Crippen LogP contribution < -0.4 is 0 Å². The van der Waals surface area contributed by atoms with Gasteiger partial charge >= 0.3 is 5.97 Å². The average molecular weight is 227 g/mol. The Morgan fingerprint density at radius 1 is 1.53 bits per heavy atom. The lowest BCUT2D eigenvalue weighted by atomic mass is 10.2. The van der Waals surface area contributed by atoms with Crippen LogP contribution in [0.4, 0.5) is 0 Å². The van der Waals surface area contributed by atoms with E-state index in [4.69, 9.17) is 5.11 Å². The minimum Gasteiger partial charge on any atom is -0.477 e. The molecule has 1 N–H and O–H groups in total. The van der Waals surface area contributed by atoms with Crippen LogP contribution >= 0.6 is 11.3 Å². The first kappa shape index (κ1) is 12.2. The molecule has 0 aliphatic rings. The van der Waals surface area contributed by atoms with Gasteiger partial charge in [-0.05, 0) is 36.5 Å².